The van der Waals surface area contributed by atoms with Crippen LogP contribution in [0.4, 0.5) is 0 Å². The Morgan fingerprint density at radius 3 is 3.00 bits per heavy atom. The van der Waals surface area contributed by atoms with Crippen LogP contribution in [0.3, 0.4) is 0 Å². The zero-order chi connectivity index (χ0) is 14.5. The fourth-order valence-electron chi connectivity index (χ4n) is 1.69. The van der Waals surface area contributed by atoms with Gasteiger partial charge in [-0.1, -0.05) is 19.1 Å². The lowest BCUT2D eigenvalue weighted by molar-refractivity contribution is -0.140. The van der Waals surface area contributed by atoms with E-state index in [1.54, 1.807) is 6.07 Å². The molecule has 1 heterocycles. The average Bonchev–Trinajstić information content (AvgIpc) is 2.93. The molecular formula is C13H16N4O3. The molecule has 2 rings (SSSR count). The van der Waals surface area contributed by atoms with E-state index in [9.17, 15) is 4.79 Å². The summed E-state index contributed by atoms with van der Waals surface area (Å²) in [5.41, 5.74) is 0.719. The van der Waals surface area contributed by atoms with Gasteiger partial charge in [0.05, 0.1) is 6.61 Å². The standard InChI is InChI=1S/C13H16N4O3/c1-3-7-20-11-6-4-5-10(8-11)12-14-15-16-17(12)9(2)13(18)19/h4-6,8-9H,3,7H2,1-2H3,(H,18,19). The minimum absolute atomic E-state index is 0.404. The number of rotatable bonds is 6. The molecule has 7 heteroatoms. The van der Waals surface area contributed by atoms with Gasteiger partial charge in [0.1, 0.15) is 5.75 Å². The van der Waals surface area contributed by atoms with Gasteiger partial charge < -0.3 is 9.84 Å². The summed E-state index contributed by atoms with van der Waals surface area (Å²) >= 11 is 0. The van der Waals surface area contributed by atoms with Crippen molar-refractivity contribution in [2.75, 3.05) is 6.61 Å². The Balaban J connectivity index is 2.32. The maximum Gasteiger partial charge on any atom is 0.328 e. The molecule has 1 aromatic carbocycles. The molecule has 1 N–H and O–H groups in total. The Hall–Kier alpha value is -2.44. The van der Waals surface area contributed by atoms with E-state index in [0.717, 1.165) is 12.0 Å². The molecule has 0 amide bonds. The van der Waals surface area contributed by atoms with E-state index in [1.807, 2.05) is 25.1 Å². The van der Waals surface area contributed by atoms with Crippen LogP contribution >= 0.6 is 0 Å². The highest BCUT2D eigenvalue weighted by Gasteiger charge is 2.20. The molecule has 1 unspecified atom stereocenters. The minimum Gasteiger partial charge on any atom is -0.494 e. The lowest BCUT2D eigenvalue weighted by Gasteiger charge is -2.10. The third-order valence-electron chi connectivity index (χ3n) is 2.78. The van der Waals surface area contributed by atoms with Crippen molar-refractivity contribution in [3.8, 4) is 17.1 Å². The van der Waals surface area contributed by atoms with E-state index in [2.05, 4.69) is 15.5 Å². The fourth-order valence-corrected chi connectivity index (χ4v) is 1.69. The van der Waals surface area contributed by atoms with E-state index < -0.39 is 12.0 Å². The monoisotopic (exact) mass is 276 g/mol. The van der Waals surface area contributed by atoms with E-state index in [1.165, 1.54) is 11.6 Å². The Kier molecular flexibility index (Phi) is 4.29. The number of ether oxygens (including phenoxy) is 1. The lowest BCUT2D eigenvalue weighted by atomic mass is 10.2. The van der Waals surface area contributed by atoms with E-state index in [0.29, 0.717) is 18.2 Å². The maximum absolute atomic E-state index is 11.0. The highest BCUT2D eigenvalue weighted by Crippen LogP contribution is 2.23. The van der Waals surface area contributed by atoms with E-state index in [4.69, 9.17) is 9.84 Å². The highest BCUT2D eigenvalue weighted by atomic mass is 16.5. The van der Waals surface area contributed by atoms with Crippen molar-refractivity contribution in [1.82, 2.24) is 20.2 Å². The first kappa shape index (κ1) is 14.0. The first-order chi connectivity index (χ1) is 9.63. The summed E-state index contributed by atoms with van der Waals surface area (Å²) in [6.07, 6.45) is 0.915. The Labute approximate surface area is 116 Å². The number of carbonyl (C=O) groups is 1. The lowest BCUT2D eigenvalue weighted by Crippen LogP contribution is -2.18. The first-order valence-corrected chi connectivity index (χ1v) is 6.37. The molecule has 0 aliphatic rings. The number of carboxylic acids is 1. The van der Waals surface area contributed by atoms with Crippen molar-refractivity contribution in [2.24, 2.45) is 0 Å². The molecule has 0 saturated carbocycles. The zero-order valence-corrected chi connectivity index (χ0v) is 11.4. The SMILES string of the molecule is CCCOc1cccc(-c2nnnn2C(C)C(=O)O)c1. The molecule has 1 aromatic heterocycles. The second kappa shape index (κ2) is 6.14. The molecule has 0 fully saturated rings. The number of aliphatic carboxylic acids is 1. The van der Waals surface area contributed by atoms with Crippen LogP contribution in [-0.4, -0.2) is 37.9 Å². The van der Waals surface area contributed by atoms with Gasteiger partial charge in [-0.15, -0.1) is 5.10 Å². The van der Waals surface area contributed by atoms with Gasteiger partial charge in [0.2, 0.25) is 0 Å². The number of nitrogens with zero attached hydrogens (tertiary/aromatic N) is 4. The number of hydrogen-bond acceptors (Lipinski definition) is 5. The number of hydrogen-bond donors (Lipinski definition) is 1. The molecule has 0 spiro atoms. The summed E-state index contributed by atoms with van der Waals surface area (Å²) in [6, 6.07) is 6.45. The van der Waals surface area contributed by atoms with Crippen molar-refractivity contribution < 1.29 is 14.6 Å². The van der Waals surface area contributed by atoms with Crippen LogP contribution in [0, 0.1) is 0 Å². The smallest absolute Gasteiger partial charge is 0.328 e. The summed E-state index contributed by atoms with van der Waals surface area (Å²) in [7, 11) is 0. The van der Waals surface area contributed by atoms with Crippen molar-refractivity contribution in [2.45, 2.75) is 26.3 Å². The van der Waals surface area contributed by atoms with Crippen LogP contribution in [0.1, 0.15) is 26.3 Å². The largest absolute Gasteiger partial charge is 0.494 e. The summed E-state index contributed by atoms with van der Waals surface area (Å²) < 4.78 is 6.83. The average molecular weight is 276 g/mol. The third kappa shape index (κ3) is 2.93. The number of tetrazole rings is 1. The Morgan fingerprint density at radius 2 is 2.30 bits per heavy atom. The maximum atomic E-state index is 11.0. The van der Waals surface area contributed by atoms with Crippen molar-refractivity contribution >= 4 is 5.97 Å². The molecule has 0 aliphatic heterocycles. The Bertz CT molecular complexity index is 597. The summed E-state index contributed by atoms with van der Waals surface area (Å²) in [5.74, 6) is 0.126. The predicted octanol–water partition coefficient (Wildman–Crippen LogP) is 1.77. The molecular weight excluding hydrogens is 260 g/mol. The summed E-state index contributed by atoms with van der Waals surface area (Å²) in [5, 5.41) is 20.2. The molecule has 2 aromatic rings. The van der Waals surface area contributed by atoms with Crippen LogP contribution in [-0.2, 0) is 4.79 Å². The Morgan fingerprint density at radius 1 is 1.50 bits per heavy atom. The molecule has 0 aliphatic carbocycles. The van der Waals surface area contributed by atoms with Gasteiger partial charge >= 0.3 is 5.97 Å². The van der Waals surface area contributed by atoms with E-state index >= 15 is 0 Å². The van der Waals surface area contributed by atoms with Gasteiger partial charge in [-0.25, -0.2) is 9.48 Å². The van der Waals surface area contributed by atoms with Crippen molar-refractivity contribution in [3.63, 3.8) is 0 Å². The van der Waals surface area contributed by atoms with Crippen molar-refractivity contribution in [1.29, 1.82) is 0 Å². The quantitative estimate of drug-likeness (QED) is 0.864. The molecule has 20 heavy (non-hydrogen) atoms. The zero-order valence-electron chi connectivity index (χ0n) is 11.4. The van der Waals surface area contributed by atoms with Gasteiger partial charge in [-0.2, -0.15) is 0 Å². The van der Waals surface area contributed by atoms with Crippen molar-refractivity contribution in [3.05, 3.63) is 24.3 Å². The van der Waals surface area contributed by atoms with Crippen LogP contribution < -0.4 is 4.74 Å². The second-order valence-corrected chi connectivity index (χ2v) is 4.34. The number of carboxylic acid groups (broad SMARTS) is 1. The van der Waals surface area contributed by atoms with Crippen LogP contribution in [0.5, 0.6) is 5.75 Å². The fraction of sp³-hybridized carbons (Fsp3) is 0.385. The summed E-state index contributed by atoms with van der Waals surface area (Å²) in [4.78, 5) is 11.0. The molecule has 0 radical (unpaired) electrons. The molecule has 106 valence electrons. The van der Waals surface area contributed by atoms with Gasteiger partial charge in [0, 0.05) is 5.56 Å². The van der Waals surface area contributed by atoms with Gasteiger partial charge in [0.25, 0.3) is 0 Å². The summed E-state index contributed by atoms with van der Waals surface area (Å²) in [6.45, 7) is 4.18. The highest BCUT2D eigenvalue weighted by molar-refractivity contribution is 5.72. The van der Waals surface area contributed by atoms with Gasteiger partial charge in [0.15, 0.2) is 11.9 Å². The van der Waals surface area contributed by atoms with Crippen LogP contribution in [0.25, 0.3) is 11.4 Å². The molecule has 7 nitrogen and oxygen atoms in total. The second-order valence-electron chi connectivity index (χ2n) is 4.34. The number of benzene rings is 1. The molecule has 0 saturated heterocycles. The van der Waals surface area contributed by atoms with Gasteiger partial charge in [-0.05, 0) is 35.9 Å². The molecule has 1 atom stereocenters. The van der Waals surface area contributed by atoms with Gasteiger partial charge in [-0.3, -0.25) is 0 Å². The van der Waals surface area contributed by atoms with Crippen LogP contribution in [0.2, 0.25) is 0 Å². The first-order valence-electron chi connectivity index (χ1n) is 6.37. The van der Waals surface area contributed by atoms with E-state index in [-0.39, 0.29) is 0 Å². The van der Waals surface area contributed by atoms with Crippen LogP contribution in [0.15, 0.2) is 24.3 Å². The predicted molar refractivity (Wildman–Crippen MR) is 71.4 cm³/mol. The minimum atomic E-state index is -0.989. The topological polar surface area (TPSA) is 90.1 Å². The molecule has 0 bridgehead atoms. The third-order valence-corrected chi connectivity index (χ3v) is 2.78. The number of aromatic nitrogens is 4. The normalized spacial score (nSPS) is 12.1.